The first-order chi connectivity index (χ1) is 10.1. The third-order valence-corrected chi connectivity index (χ3v) is 5.28. The van der Waals surface area contributed by atoms with Crippen molar-refractivity contribution in [2.75, 3.05) is 14.2 Å². The molecule has 1 atom stereocenters. The van der Waals surface area contributed by atoms with Gasteiger partial charge in [-0.05, 0) is 64.8 Å². The van der Waals surface area contributed by atoms with E-state index in [0.29, 0.717) is 0 Å². The van der Waals surface area contributed by atoms with Crippen LogP contribution >= 0.6 is 34.2 Å². The number of alkyl halides is 1. The Morgan fingerprint density at radius 3 is 2.48 bits per heavy atom. The summed E-state index contributed by atoms with van der Waals surface area (Å²) >= 11 is 8.97. The monoisotopic (exact) mass is 416 g/mol. The molecule has 21 heavy (non-hydrogen) atoms. The van der Waals surface area contributed by atoms with Gasteiger partial charge in [0, 0.05) is 3.57 Å². The zero-order valence-corrected chi connectivity index (χ0v) is 15.2. The highest BCUT2D eigenvalue weighted by Crippen LogP contribution is 2.33. The van der Waals surface area contributed by atoms with Crippen LogP contribution in [-0.4, -0.2) is 14.2 Å². The van der Waals surface area contributed by atoms with E-state index in [1.165, 1.54) is 14.7 Å². The molecular weight excluding hydrogens is 399 g/mol. The Balaban J connectivity index is 2.23. The molecule has 0 aliphatic rings. The van der Waals surface area contributed by atoms with Crippen LogP contribution in [0.3, 0.4) is 0 Å². The molecule has 0 aliphatic heterocycles. The van der Waals surface area contributed by atoms with E-state index >= 15 is 0 Å². The van der Waals surface area contributed by atoms with E-state index in [9.17, 15) is 0 Å². The zero-order valence-electron chi connectivity index (χ0n) is 12.3. The van der Waals surface area contributed by atoms with Gasteiger partial charge in [-0.3, -0.25) is 0 Å². The van der Waals surface area contributed by atoms with Crippen molar-refractivity contribution < 1.29 is 9.47 Å². The highest BCUT2D eigenvalue weighted by molar-refractivity contribution is 14.1. The molecule has 0 saturated heterocycles. The molecule has 0 fully saturated rings. The Morgan fingerprint density at radius 2 is 1.81 bits per heavy atom. The number of hydrogen-bond donors (Lipinski definition) is 0. The summed E-state index contributed by atoms with van der Waals surface area (Å²) in [5.41, 5.74) is 3.56. The van der Waals surface area contributed by atoms with Crippen molar-refractivity contribution in [2.45, 2.75) is 18.7 Å². The minimum absolute atomic E-state index is 0.0603. The summed E-state index contributed by atoms with van der Waals surface area (Å²) < 4.78 is 11.8. The first-order valence-electron chi connectivity index (χ1n) is 6.66. The topological polar surface area (TPSA) is 18.5 Å². The molecule has 0 radical (unpaired) electrons. The van der Waals surface area contributed by atoms with Gasteiger partial charge in [0.2, 0.25) is 0 Å². The maximum Gasteiger partial charge on any atom is 0.160 e. The van der Waals surface area contributed by atoms with E-state index in [2.05, 4.69) is 47.7 Å². The molecule has 0 heterocycles. The lowest BCUT2D eigenvalue weighted by atomic mass is 10.0. The van der Waals surface area contributed by atoms with Gasteiger partial charge in [-0.1, -0.05) is 24.3 Å². The molecular formula is C17H18ClIO2. The number of rotatable bonds is 5. The average Bonchev–Trinajstić information content (AvgIpc) is 2.49. The molecule has 0 aliphatic carbocycles. The zero-order chi connectivity index (χ0) is 15.4. The Labute approximate surface area is 144 Å². The summed E-state index contributed by atoms with van der Waals surface area (Å²) in [7, 11) is 3.28. The standard InChI is InChI=1S/C17H18ClIO2/c1-11-5-4-6-13(17(11)19)14(18)9-12-7-8-15(20-2)16(10-12)21-3/h4-8,10,14H,9H2,1-3H3. The number of hydrogen-bond acceptors (Lipinski definition) is 2. The summed E-state index contributed by atoms with van der Waals surface area (Å²) in [6, 6.07) is 12.2. The number of benzene rings is 2. The lowest BCUT2D eigenvalue weighted by Crippen LogP contribution is -2.00. The fourth-order valence-electron chi connectivity index (χ4n) is 2.24. The van der Waals surface area contributed by atoms with Crippen LogP contribution in [0.15, 0.2) is 36.4 Å². The Kier molecular flexibility index (Phi) is 5.76. The normalized spacial score (nSPS) is 12.0. The van der Waals surface area contributed by atoms with Crippen molar-refractivity contribution in [1.29, 1.82) is 0 Å². The second kappa shape index (κ2) is 7.36. The van der Waals surface area contributed by atoms with E-state index in [4.69, 9.17) is 21.1 Å². The summed E-state index contributed by atoms with van der Waals surface area (Å²) in [6.07, 6.45) is 0.751. The molecule has 2 rings (SSSR count). The number of aryl methyl sites for hydroxylation is 1. The number of halogens is 2. The van der Waals surface area contributed by atoms with E-state index in [0.717, 1.165) is 23.5 Å². The Bertz CT molecular complexity index is 628. The van der Waals surface area contributed by atoms with Gasteiger partial charge in [-0.15, -0.1) is 11.6 Å². The van der Waals surface area contributed by atoms with Crippen LogP contribution < -0.4 is 9.47 Å². The largest absolute Gasteiger partial charge is 0.493 e. The molecule has 0 N–H and O–H groups in total. The van der Waals surface area contributed by atoms with Gasteiger partial charge in [-0.2, -0.15) is 0 Å². The van der Waals surface area contributed by atoms with Crippen LogP contribution in [0.25, 0.3) is 0 Å². The van der Waals surface area contributed by atoms with Crippen LogP contribution in [0.2, 0.25) is 0 Å². The Hall–Kier alpha value is -0.940. The first kappa shape index (κ1) is 16.4. The quantitative estimate of drug-likeness (QED) is 0.496. The van der Waals surface area contributed by atoms with Crippen LogP contribution in [0.4, 0.5) is 0 Å². The van der Waals surface area contributed by atoms with E-state index in [1.807, 2.05) is 18.2 Å². The van der Waals surface area contributed by atoms with Gasteiger partial charge in [0.1, 0.15) is 0 Å². The number of ether oxygens (including phenoxy) is 2. The van der Waals surface area contributed by atoms with Crippen molar-refractivity contribution >= 4 is 34.2 Å². The molecule has 2 aromatic rings. The van der Waals surface area contributed by atoms with Crippen molar-refractivity contribution in [2.24, 2.45) is 0 Å². The molecule has 2 aromatic carbocycles. The fourth-order valence-corrected chi connectivity index (χ4v) is 3.52. The predicted molar refractivity (Wildman–Crippen MR) is 95.7 cm³/mol. The molecule has 0 amide bonds. The molecule has 0 saturated carbocycles. The summed E-state index contributed by atoms with van der Waals surface area (Å²) in [5.74, 6) is 1.47. The summed E-state index contributed by atoms with van der Waals surface area (Å²) in [6.45, 7) is 2.10. The SMILES string of the molecule is COc1ccc(CC(Cl)c2cccc(C)c2I)cc1OC. The van der Waals surface area contributed by atoms with Gasteiger partial charge in [0.15, 0.2) is 11.5 Å². The second-order valence-electron chi connectivity index (χ2n) is 4.84. The van der Waals surface area contributed by atoms with Crippen molar-refractivity contribution in [1.82, 2.24) is 0 Å². The first-order valence-corrected chi connectivity index (χ1v) is 8.18. The minimum Gasteiger partial charge on any atom is -0.493 e. The van der Waals surface area contributed by atoms with E-state index in [1.54, 1.807) is 14.2 Å². The van der Waals surface area contributed by atoms with Crippen LogP contribution in [0.5, 0.6) is 11.5 Å². The molecule has 112 valence electrons. The third-order valence-electron chi connectivity index (χ3n) is 3.42. The van der Waals surface area contributed by atoms with Gasteiger partial charge in [0.05, 0.1) is 19.6 Å². The Morgan fingerprint density at radius 1 is 1.10 bits per heavy atom. The van der Waals surface area contributed by atoms with E-state index < -0.39 is 0 Å². The van der Waals surface area contributed by atoms with Crippen LogP contribution in [0, 0.1) is 10.5 Å². The summed E-state index contributed by atoms with van der Waals surface area (Å²) in [5, 5.41) is -0.0603. The smallest absolute Gasteiger partial charge is 0.160 e. The van der Waals surface area contributed by atoms with Gasteiger partial charge in [-0.25, -0.2) is 0 Å². The lowest BCUT2D eigenvalue weighted by Gasteiger charge is -2.15. The van der Waals surface area contributed by atoms with Gasteiger partial charge in [0.25, 0.3) is 0 Å². The van der Waals surface area contributed by atoms with Crippen LogP contribution in [-0.2, 0) is 6.42 Å². The lowest BCUT2D eigenvalue weighted by molar-refractivity contribution is 0.354. The maximum atomic E-state index is 6.61. The maximum absolute atomic E-state index is 6.61. The summed E-state index contributed by atoms with van der Waals surface area (Å²) in [4.78, 5) is 0. The minimum atomic E-state index is -0.0603. The molecule has 2 nitrogen and oxygen atoms in total. The van der Waals surface area contributed by atoms with Crippen molar-refractivity contribution in [3.05, 3.63) is 56.7 Å². The van der Waals surface area contributed by atoms with Gasteiger partial charge >= 0.3 is 0 Å². The highest BCUT2D eigenvalue weighted by atomic mass is 127. The predicted octanol–water partition coefficient (Wildman–Crippen LogP) is 5.14. The molecule has 0 aromatic heterocycles. The van der Waals surface area contributed by atoms with Crippen molar-refractivity contribution in [3.8, 4) is 11.5 Å². The fraction of sp³-hybridized carbons (Fsp3) is 0.294. The number of methoxy groups -OCH3 is 2. The van der Waals surface area contributed by atoms with Crippen LogP contribution in [0.1, 0.15) is 22.1 Å². The van der Waals surface area contributed by atoms with Gasteiger partial charge < -0.3 is 9.47 Å². The highest BCUT2D eigenvalue weighted by Gasteiger charge is 2.14. The van der Waals surface area contributed by atoms with Crippen molar-refractivity contribution in [3.63, 3.8) is 0 Å². The second-order valence-corrected chi connectivity index (χ2v) is 6.44. The molecule has 0 spiro atoms. The molecule has 1 unspecified atom stereocenters. The van der Waals surface area contributed by atoms with E-state index in [-0.39, 0.29) is 5.38 Å². The molecule has 4 heteroatoms. The molecule has 0 bridgehead atoms. The average molecular weight is 417 g/mol. The third kappa shape index (κ3) is 3.83.